The molecule has 3 aliphatic rings. The summed E-state index contributed by atoms with van der Waals surface area (Å²) in [6.07, 6.45) is 3.94. The maximum absolute atomic E-state index is 13.7. The smallest absolute Gasteiger partial charge is 0.410 e. The molecule has 1 aliphatic carbocycles. The van der Waals surface area contributed by atoms with E-state index in [1.165, 1.54) is 22.3 Å². The van der Waals surface area contributed by atoms with E-state index in [1.54, 1.807) is 12.1 Å². The zero-order valence-corrected chi connectivity index (χ0v) is 21.9. The highest BCUT2D eigenvalue weighted by Crippen LogP contribution is 2.45. The number of ketones is 1. The molecule has 0 N–H and O–H groups in total. The van der Waals surface area contributed by atoms with E-state index < -0.39 is 0 Å². The van der Waals surface area contributed by atoms with E-state index in [4.69, 9.17) is 4.74 Å². The van der Waals surface area contributed by atoms with Gasteiger partial charge in [0.15, 0.2) is 5.78 Å². The van der Waals surface area contributed by atoms with Crippen LogP contribution in [-0.2, 0) is 4.74 Å². The molecule has 38 heavy (non-hydrogen) atoms. The lowest BCUT2D eigenvalue weighted by Gasteiger charge is -2.47. The fourth-order valence-corrected chi connectivity index (χ4v) is 7.18. The second-order valence-electron chi connectivity index (χ2n) is 11.1. The molecule has 2 fully saturated rings. The number of carbonyl (C=O) groups excluding carboxylic acids is 2. The molecule has 0 spiro atoms. The number of hydrogen-bond donors (Lipinski definition) is 0. The number of nitrogens with zero attached hydrogens (tertiary/aromatic N) is 2. The number of Topliss-reactive ketones (excluding diaryl/α,β-unsaturated/α-hetero) is 1. The second kappa shape index (κ2) is 9.76. The first-order valence-corrected chi connectivity index (χ1v) is 13.6. The lowest BCUT2D eigenvalue weighted by Crippen LogP contribution is -2.56. The van der Waals surface area contributed by atoms with Crippen molar-refractivity contribution in [3.63, 3.8) is 0 Å². The van der Waals surface area contributed by atoms with Gasteiger partial charge in [-0.2, -0.15) is 5.26 Å². The Balaban J connectivity index is 1.18. The van der Waals surface area contributed by atoms with E-state index in [9.17, 15) is 14.9 Å². The van der Waals surface area contributed by atoms with Gasteiger partial charge in [0.05, 0.1) is 11.6 Å². The molecule has 2 atom stereocenters. The fraction of sp³-hybridized carbons (Fsp3) is 0.364. The topological polar surface area (TPSA) is 70.4 Å². The summed E-state index contributed by atoms with van der Waals surface area (Å²) < 4.78 is 6.03. The normalized spacial score (nSPS) is 21.8. The fourth-order valence-electron chi connectivity index (χ4n) is 7.18. The lowest BCUT2D eigenvalue weighted by atomic mass is 9.75. The Morgan fingerprint density at radius 1 is 0.921 bits per heavy atom. The first-order chi connectivity index (χ1) is 18.5. The molecule has 2 heterocycles. The molecule has 0 saturated carbocycles. The van der Waals surface area contributed by atoms with Crippen molar-refractivity contribution < 1.29 is 14.3 Å². The van der Waals surface area contributed by atoms with Crippen molar-refractivity contribution in [2.45, 2.75) is 64.0 Å². The third-order valence-electron chi connectivity index (χ3n) is 8.80. The highest BCUT2D eigenvalue weighted by molar-refractivity contribution is 6.00. The maximum Gasteiger partial charge on any atom is 0.410 e. The highest BCUT2D eigenvalue weighted by atomic mass is 16.6. The average Bonchev–Trinajstić information content (AvgIpc) is 3.24. The van der Waals surface area contributed by atoms with Crippen LogP contribution >= 0.6 is 0 Å². The van der Waals surface area contributed by atoms with Crippen LogP contribution in [-0.4, -0.2) is 35.5 Å². The van der Waals surface area contributed by atoms with Gasteiger partial charge in [0.25, 0.3) is 0 Å². The molecule has 5 heteroatoms. The van der Waals surface area contributed by atoms with Gasteiger partial charge in [-0.1, -0.05) is 48.5 Å². The van der Waals surface area contributed by atoms with Gasteiger partial charge in [-0.15, -0.1) is 0 Å². The van der Waals surface area contributed by atoms with Crippen LogP contribution in [0.4, 0.5) is 4.79 Å². The van der Waals surface area contributed by atoms with Crippen LogP contribution in [0.25, 0.3) is 11.1 Å². The first-order valence-electron chi connectivity index (χ1n) is 13.6. The van der Waals surface area contributed by atoms with E-state index in [0.717, 1.165) is 36.0 Å². The summed E-state index contributed by atoms with van der Waals surface area (Å²) in [7, 11) is 0. The minimum Gasteiger partial charge on any atom is -0.448 e. The number of amides is 1. The van der Waals surface area contributed by atoms with Crippen LogP contribution < -0.4 is 0 Å². The number of aryl methyl sites for hydroxylation is 2. The molecule has 1 amide bonds. The number of hydrogen-bond acceptors (Lipinski definition) is 4. The molecule has 2 saturated heterocycles. The van der Waals surface area contributed by atoms with Gasteiger partial charge in [-0.25, -0.2) is 4.79 Å². The van der Waals surface area contributed by atoms with Gasteiger partial charge < -0.3 is 9.64 Å². The van der Waals surface area contributed by atoms with E-state index in [1.807, 2.05) is 30.9 Å². The predicted molar refractivity (Wildman–Crippen MR) is 146 cm³/mol. The van der Waals surface area contributed by atoms with Crippen molar-refractivity contribution in [2.24, 2.45) is 5.92 Å². The number of ether oxygens (including phenoxy) is 1. The van der Waals surface area contributed by atoms with Gasteiger partial charge in [-0.3, -0.25) is 4.79 Å². The minimum absolute atomic E-state index is 0.0195. The number of fused-ring (bicyclic) bond motifs is 5. The zero-order valence-electron chi connectivity index (χ0n) is 21.9. The summed E-state index contributed by atoms with van der Waals surface area (Å²) in [5, 5.41) is 9.28. The number of nitriles is 1. The van der Waals surface area contributed by atoms with Gasteiger partial charge >= 0.3 is 6.09 Å². The Hall–Kier alpha value is -3.91. The average molecular weight is 505 g/mol. The molecule has 3 aromatic carbocycles. The minimum atomic E-state index is -0.252. The van der Waals surface area contributed by atoms with Crippen LogP contribution in [0.3, 0.4) is 0 Å². The zero-order chi connectivity index (χ0) is 26.4. The van der Waals surface area contributed by atoms with Crippen molar-refractivity contribution in [2.75, 3.05) is 6.61 Å². The molecule has 2 unspecified atom stereocenters. The Kier molecular flexibility index (Phi) is 6.27. The Labute approximate surface area is 224 Å². The van der Waals surface area contributed by atoms with Gasteiger partial charge in [0.1, 0.15) is 6.61 Å². The molecule has 3 aromatic rings. The number of piperidine rings is 2. The largest absolute Gasteiger partial charge is 0.448 e. The molecule has 2 aliphatic heterocycles. The van der Waals surface area contributed by atoms with Crippen LogP contribution in [0.5, 0.6) is 0 Å². The van der Waals surface area contributed by atoms with Gasteiger partial charge in [-0.05, 0) is 91.5 Å². The van der Waals surface area contributed by atoms with Crippen molar-refractivity contribution in [3.05, 3.63) is 94.0 Å². The van der Waals surface area contributed by atoms with E-state index >= 15 is 0 Å². The van der Waals surface area contributed by atoms with Crippen LogP contribution in [0.1, 0.15) is 76.2 Å². The summed E-state index contributed by atoms with van der Waals surface area (Å²) in [6, 6.07) is 22.6. The quantitative estimate of drug-likeness (QED) is 0.361. The van der Waals surface area contributed by atoms with E-state index in [2.05, 4.69) is 42.5 Å². The molecule has 0 aromatic heterocycles. The molecular weight excluding hydrogens is 472 g/mol. The van der Waals surface area contributed by atoms with Crippen molar-refractivity contribution >= 4 is 11.9 Å². The third-order valence-corrected chi connectivity index (χ3v) is 8.80. The third kappa shape index (κ3) is 4.09. The predicted octanol–water partition coefficient (Wildman–Crippen LogP) is 6.94. The Morgan fingerprint density at radius 3 is 2.03 bits per heavy atom. The van der Waals surface area contributed by atoms with Crippen molar-refractivity contribution in [1.82, 2.24) is 4.90 Å². The Bertz CT molecular complexity index is 1390. The first kappa shape index (κ1) is 24.4. The molecule has 192 valence electrons. The van der Waals surface area contributed by atoms with Crippen molar-refractivity contribution in [3.8, 4) is 17.2 Å². The van der Waals surface area contributed by atoms with Gasteiger partial charge in [0.2, 0.25) is 0 Å². The SMILES string of the molecule is Cc1cc(C#N)cc(C)c1C(=O)C1CC2CCCC(C1)N2C(=O)OCC1c2ccccc2-c2ccccc21. The molecule has 0 radical (unpaired) electrons. The van der Waals surface area contributed by atoms with Crippen LogP contribution in [0.2, 0.25) is 0 Å². The molecule has 5 nitrogen and oxygen atoms in total. The van der Waals surface area contributed by atoms with E-state index in [0.29, 0.717) is 25.0 Å². The number of carbonyl (C=O) groups is 2. The number of rotatable bonds is 4. The van der Waals surface area contributed by atoms with Gasteiger partial charge in [0, 0.05) is 29.5 Å². The van der Waals surface area contributed by atoms with E-state index in [-0.39, 0.29) is 35.8 Å². The van der Waals surface area contributed by atoms with Crippen LogP contribution in [0, 0.1) is 31.1 Å². The molecule has 6 rings (SSSR count). The van der Waals surface area contributed by atoms with Crippen molar-refractivity contribution in [1.29, 1.82) is 5.26 Å². The summed E-state index contributed by atoms with van der Waals surface area (Å²) >= 11 is 0. The lowest BCUT2D eigenvalue weighted by molar-refractivity contribution is 0.00647. The summed E-state index contributed by atoms with van der Waals surface area (Å²) in [6.45, 7) is 4.14. The highest BCUT2D eigenvalue weighted by Gasteiger charge is 2.44. The number of benzene rings is 3. The summed E-state index contributed by atoms with van der Waals surface area (Å²) in [4.78, 5) is 29.1. The maximum atomic E-state index is 13.7. The molecule has 2 bridgehead atoms. The standard InChI is InChI=1S/C33H32N2O3/c1-20-14-22(18-34)15-21(2)31(20)32(36)23-16-24-8-7-9-25(17-23)35(24)33(37)38-19-30-28-12-5-3-10-26(28)27-11-4-6-13-29(27)30/h3-6,10-15,23-25,30H,7-9,16-17,19H2,1-2H3. The summed E-state index contributed by atoms with van der Waals surface area (Å²) in [5.74, 6) is 0.0643. The molecular formula is C33H32N2O3. The monoisotopic (exact) mass is 504 g/mol. The van der Waals surface area contributed by atoms with Crippen LogP contribution in [0.15, 0.2) is 60.7 Å². The Morgan fingerprint density at radius 2 is 1.47 bits per heavy atom. The summed E-state index contributed by atoms with van der Waals surface area (Å²) in [5.41, 5.74) is 7.88. The second-order valence-corrected chi connectivity index (χ2v) is 11.1.